The molecule has 0 aromatic rings. The fourth-order valence-electron chi connectivity index (χ4n) is 0.129. The van der Waals surface area contributed by atoms with Crippen molar-refractivity contribution in [3.05, 3.63) is 12.3 Å². The van der Waals surface area contributed by atoms with Gasteiger partial charge in [-0.3, -0.25) is 10.7 Å². The zero-order valence-electron chi connectivity index (χ0n) is 4.73. The van der Waals surface area contributed by atoms with Gasteiger partial charge in [0.25, 0.3) is 0 Å². The van der Waals surface area contributed by atoms with Crippen LogP contribution in [0.2, 0.25) is 0 Å². The van der Waals surface area contributed by atoms with Gasteiger partial charge in [0.05, 0.1) is 0 Å². The SMILES string of the molecule is C=C(NO)C(C)C. The average molecular weight is 101 g/mol. The van der Waals surface area contributed by atoms with Crippen molar-refractivity contribution in [1.29, 1.82) is 0 Å². The first kappa shape index (κ1) is 6.50. The van der Waals surface area contributed by atoms with Crippen molar-refractivity contribution < 1.29 is 5.21 Å². The quantitative estimate of drug-likeness (QED) is 0.511. The molecule has 0 aromatic heterocycles. The molecule has 0 unspecified atom stereocenters. The Hall–Kier alpha value is -0.500. The molecule has 0 aromatic carbocycles. The summed E-state index contributed by atoms with van der Waals surface area (Å²) >= 11 is 0. The van der Waals surface area contributed by atoms with Crippen molar-refractivity contribution in [3.63, 3.8) is 0 Å². The van der Waals surface area contributed by atoms with Crippen LogP contribution in [0, 0.1) is 5.92 Å². The summed E-state index contributed by atoms with van der Waals surface area (Å²) in [6, 6.07) is 0. The predicted octanol–water partition coefficient (Wildman–Crippen LogP) is 1.13. The second-order valence-corrected chi connectivity index (χ2v) is 1.79. The second-order valence-electron chi connectivity index (χ2n) is 1.79. The topological polar surface area (TPSA) is 32.3 Å². The zero-order chi connectivity index (χ0) is 5.86. The summed E-state index contributed by atoms with van der Waals surface area (Å²) in [5, 5.41) is 8.16. The molecule has 0 bridgehead atoms. The Balaban J connectivity index is 3.35. The van der Waals surface area contributed by atoms with Crippen LogP contribution in [-0.4, -0.2) is 5.21 Å². The van der Waals surface area contributed by atoms with Crippen molar-refractivity contribution in [2.45, 2.75) is 13.8 Å². The first-order valence-corrected chi connectivity index (χ1v) is 2.27. The van der Waals surface area contributed by atoms with E-state index in [-0.39, 0.29) is 0 Å². The normalized spacial score (nSPS) is 9.14. The maximum absolute atomic E-state index is 8.16. The van der Waals surface area contributed by atoms with Crippen LogP contribution >= 0.6 is 0 Å². The number of rotatable bonds is 2. The second kappa shape index (κ2) is 2.64. The highest BCUT2D eigenvalue weighted by atomic mass is 16.5. The minimum absolute atomic E-state index is 0.310. The number of hydrogen-bond donors (Lipinski definition) is 2. The zero-order valence-corrected chi connectivity index (χ0v) is 4.73. The van der Waals surface area contributed by atoms with E-state index < -0.39 is 0 Å². The molecule has 0 aliphatic heterocycles. The molecule has 2 N–H and O–H groups in total. The molecule has 0 amide bonds. The minimum Gasteiger partial charge on any atom is -0.291 e. The Morgan fingerprint density at radius 1 is 1.71 bits per heavy atom. The molecule has 0 radical (unpaired) electrons. The van der Waals surface area contributed by atoms with E-state index in [4.69, 9.17) is 5.21 Å². The molecular formula is C5H11NO. The van der Waals surface area contributed by atoms with Crippen LogP contribution in [0.3, 0.4) is 0 Å². The molecule has 0 rings (SSSR count). The number of hydrogen-bond acceptors (Lipinski definition) is 2. The van der Waals surface area contributed by atoms with E-state index in [0.29, 0.717) is 11.6 Å². The monoisotopic (exact) mass is 101 g/mol. The Morgan fingerprint density at radius 3 is 2.14 bits per heavy atom. The van der Waals surface area contributed by atoms with Gasteiger partial charge in [-0.15, -0.1) is 0 Å². The first-order chi connectivity index (χ1) is 3.18. The number of hydroxylamine groups is 1. The Kier molecular flexibility index (Phi) is 2.45. The van der Waals surface area contributed by atoms with Gasteiger partial charge in [0.2, 0.25) is 0 Å². The summed E-state index contributed by atoms with van der Waals surface area (Å²) in [4.78, 5) is 0. The molecule has 0 saturated heterocycles. The molecule has 2 heteroatoms. The fourth-order valence-corrected chi connectivity index (χ4v) is 0.129. The van der Waals surface area contributed by atoms with Crippen LogP contribution in [0.4, 0.5) is 0 Å². The van der Waals surface area contributed by atoms with Crippen molar-refractivity contribution in [2.24, 2.45) is 5.92 Å². The largest absolute Gasteiger partial charge is 0.291 e. The van der Waals surface area contributed by atoms with Gasteiger partial charge in [0.15, 0.2) is 0 Å². The van der Waals surface area contributed by atoms with Gasteiger partial charge in [-0.05, 0) is 5.92 Å². The molecular weight excluding hydrogens is 90.1 g/mol. The summed E-state index contributed by atoms with van der Waals surface area (Å²) in [5.41, 5.74) is 2.62. The maximum atomic E-state index is 8.16. The summed E-state index contributed by atoms with van der Waals surface area (Å²) in [6.45, 7) is 7.41. The summed E-state index contributed by atoms with van der Waals surface area (Å²) in [5.74, 6) is 0.310. The number of nitrogens with one attached hydrogen (secondary N) is 1. The van der Waals surface area contributed by atoms with E-state index in [1.807, 2.05) is 19.3 Å². The Labute approximate surface area is 43.8 Å². The predicted molar refractivity (Wildman–Crippen MR) is 28.9 cm³/mol. The highest BCUT2D eigenvalue weighted by Crippen LogP contribution is 1.99. The lowest BCUT2D eigenvalue weighted by Gasteiger charge is -2.04. The van der Waals surface area contributed by atoms with Gasteiger partial charge in [0, 0.05) is 5.70 Å². The van der Waals surface area contributed by atoms with E-state index >= 15 is 0 Å². The van der Waals surface area contributed by atoms with E-state index in [9.17, 15) is 0 Å². The molecule has 42 valence electrons. The van der Waals surface area contributed by atoms with Crippen LogP contribution in [0.5, 0.6) is 0 Å². The molecule has 0 spiro atoms. The minimum atomic E-state index is 0.310. The Morgan fingerprint density at radius 2 is 2.14 bits per heavy atom. The lowest BCUT2D eigenvalue weighted by molar-refractivity contribution is 0.189. The van der Waals surface area contributed by atoms with Gasteiger partial charge in [0.1, 0.15) is 0 Å². The Bertz CT molecular complexity index is 68.5. The van der Waals surface area contributed by atoms with Gasteiger partial charge in [-0.2, -0.15) is 0 Å². The fraction of sp³-hybridized carbons (Fsp3) is 0.600. The third-order valence-corrected chi connectivity index (χ3v) is 0.841. The lowest BCUT2D eigenvalue weighted by atomic mass is 10.2. The summed E-state index contributed by atoms with van der Waals surface area (Å²) in [7, 11) is 0. The van der Waals surface area contributed by atoms with Gasteiger partial charge < -0.3 is 0 Å². The van der Waals surface area contributed by atoms with Gasteiger partial charge >= 0.3 is 0 Å². The van der Waals surface area contributed by atoms with Gasteiger partial charge in [-0.25, -0.2) is 0 Å². The smallest absolute Gasteiger partial charge is 0.0329 e. The van der Waals surface area contributed by atoms with E-state index in [1.54, 1.807) is 0 Å². The molecule has 2 nitrogen and oxygen atoms in total. The first-order valence-electron chi connectivity index (χ1n) is 2.27. The number of allylic oxidation sites excluding steroid dienone is 1. The molecule has 7 heavy (non-hydrogen) atoms. The highest BCUT2D eigenvalue weighted by Gasteiger charge is 1.93. The van der Waals surface area contributed by atoms with Crippen molar-refractivity contribution >= 4 is 0 Å². The van der Waals surface area contributed by atoms with Crippen LogP contribution in [0.15, 0.2) is 12.3 Å². The molecule has 0 aliphatic rings. The van der Waals surface area contributed by atoms with Crippen molar-refractivity contribution in [3.8, 4) is 0 Å². The lowest BCUT2D eigenvalue weighted by Crippen LogP contribution is -2.10. The van der Waals surface area contributed by atoms with Crippen LogP contribution in [0.1, 0.15) is 13.8 Å². The van der Waals surface area contributed by atoms with E-state index in [0.717, 1.165) is 0 Å². The van der Waals surface area contributed by atoms with Crippen LogP contribution < -0.4 is 5.48 Å². The molecule has 0 fully saturated rings. The average Bonchev–Trinajstić information content (AvgIpc) is 1.65. The molecule has 0 heterocycles. The third-order valence-electron chi connectivity index (χ3n) is 0.841. The highest BCUT2D eigenvalue weighted by molar-refractivity contribution is 4.90. The summed E-state index contributed by atoms with van der Waals surface area (Å²) < 4.78 is 0. The molecule has 0 atom stereocenters. The van der Waals surface area contributed by atoms with E-state index in [1.165, 1.54) is 0 Å². The van der Waals surface area contributed by atoms with Crippen LogP contribution in [0.25, 0.3) is 0 Å². The summed E-state index contributed by atoms with van der Waals surface area (Å²) in [6.07, 6.45) is 0. The molecule has 0 aliphatic carbocycles. The standard InChI is InChI=1S/C5H11NO/c1-4(2)5(3)6-7/h4,6-7H,3H2,1-2H3. The van der Waals surface area contributed by atoms with Crippen molar-refractivity contribution in [1.82, 2.24) is 5.48 Å². The van der Waals surface area contributed by atoms with Crippen LogP contribution in [-0.2, 0) is 0 Å². The van der Waals surface area contributed by atoms with E-state index in [2.05, 4.69) is 6.58 Å². The molecule has 0 saturated carbocycles. The third kappa shape index (κ3) is 2.23. The van der Waals surface area contributed by atoms with Gasteiger partial charge in [-0.1, -0.05) is 20.4 Å². The van der Waals surface area contributed by atoms with Crippen molar-refractivity contribution in [2.75, 3.05) is 0 Å². The maximum Gasteiger partial charge on any atom is 0.0329 e.